The van der Waals surface area contributed by atoms with E-state index in [2.05, 4.69) is 53.1 Å². The third kappa shape index (κ3) is 4.03. The third-order valence-electron chi connectivity index (χ3n) is 1.50. The molecule has 0 saturated heterocycles. The van der Waals surface area contributed by atoms with Crippen molar-refractivity contribution in [3.8, 4) is 0 Å². The molecule has 1 aromatic rings. The second-order valence-electron chi connectivity index (χ2n) is 2.70. The van der Waals surface area contributed by atoms with Crippen molar-refractivity contribution < 1.29 is 4.79 Å². The molecule has 16 heavy (non-hydrogen) atoms. The Morgan fingerprint density at radius 1 is 1.12 bits per heavy atom. The van der Waals surface area contributed by atoms with Crippen LogP contribution >= 0.6 is 82.6 Å². The molecule has 0 saturated carbocycles. The molecule has 1 N–H and O–H groups in total. The molecule has 0 atom stereocenters. The normalized spacial score (nSPS) is 11.4. The van der Waals surface area contributed by atoms with Gasteiger partial charge in [0.15, 0.2) is 0 Å². The molecular weight excluding hydrogens is 472 g/mol. The maximum atomic E-state index is 11.6. The monoisotopic (exact) mass is 471 g/mol. The first-order valence-corrected chi connectivity index (χ1v) is 7.26. The van der Waals surface area contributed by atoms with Crippen molar-refractivity contribution in [1.82, 2.24) is 0 Å². The van der Waals surface area contributed by atoms with Crippen molar-refractivity contribution in [2.75, 3.05) is 5.32 Å². The summed E-state index contributed by atoms with van der Waals surface area (Å²) in [5, 5.41) is 3.48. The number of halogens is 6. The predicted molar refractivity (Wildman–Crippen MR) is 79.6 cm³/mol. The molecular formula is C8H3Br3Cl3NO. The minimum atomic E-state index is -1.07. The molecule has 1 amide bonds. The highest BCUT2D eigenvalue weighted by atomic mass is 80.0. The largest absolute Gasteiger partial charge is 0.321 e. The van der Waals surface area contributed by atoms with Crippen LogP contribution in [0.3, 0.4) is 0 Å². The van der Waals surface area contributed by atoms with Gasteiger partial charge in [0.2, 0.25) is 2.14 Å². The van der Waals surface area contributed by atoms with E-state index in [1.54, 1.807) is 0 Å². The first-order valence-electron chi connectivity index (χ1n) is 3.74. The molecule has 0 aliphatic rings. The van der Waals surface area contributed by atoms with Crippen LogP contribution in [-0.4, -0.2) is 8.05 Å². The van der Waals surface area contributed by atoms with Crippen LogP contribution in [0.5, 0.6) is 0 Å². The number of hydrogen-bond acceptors (Lipinski definition) is 1. The minimum Gasteiger partial charge on any atom is -0.321 e. The summed E-state index contributed by atoms with van der Waals surface area (Å²) in [5.41, 5.74) is 0.306. The lowest BCUT2D eigenvalue weighted by Crippen LogP contribution is -2.25. The van der Waals surface area contributed by atoms with Gasteiger partial charge >= 0.3 is 0 Å². The standard InChI is InChI=1S/C8H3Br3Cl3NO/c9-8(10,11)7(16)15-6-4(13)1-3(12)2-5(6)14/h1-2H,(H,15,16). The molecule has 0 aliphatic carbocycles. The highest BCUT2D eigenvalue weighted by Gasteiger charge is 2.29. The van der Waals surface area contributed by atoms with Gasteiger partial charge in [0, 0.05) is 5.02 Å². The molecule has 88 valence electrons. The number of benzene rings is 1. The fourth-order valence-corrected chi connectivity index (χ4v) is 2.05. The summed E-state index contributed by atoms with van der Waals surface area (Å²) in [7, 11) is 0. The number of alkyl halides is 3. The molecule has 0 aliphatic heterocycles. The van der Waals surface area contributed by atoms with Crippen LogP contribution < -0.4 is 5.32 Å². The Labute approximate surface area is 132 Å². The maximum Gasteiger partial charge on any atom is 0.263 e. The summed E-state index contributed by atoms with van der Waals surface area (Å²) in [5.74, 6) is -0.404. The highest BCUT2D eigenvalue weighted by Crippen LogP contribution is 2.38. The van der Waals surface area contributed by atoms with E-state index < -0.39 is 8.05 Å². The van der Waals surface area contributed by atoms with Gasteiger partial charge in [-0.15, -0.1) is 0 Å². The number of nitrogens with one attached hydrogen (secondary N) is 1. The Kier molecular flexibility index (Phi) is 5.42. The predicted octanol–water partition coefficient (Wildman–Crippen LogP) is 5.42. The van der Waals surface area contributed by atoms with Crippen molar-refractivity contribution in [2.24, 2.45) is 0 Å². The number of rotatable bonds is 1. The van der Waals surface area contributed by atoms with Gasteiger partial charge in [0.25, 0.3) is 5.91 Å². The number of anilines is 1. The summed E-state index contributed by atoms with van der Waals surface area (Å²) in [6.45, 7) is 0. The zero-order valence-electron chi connectivity index (χ0n) is 7.33. The van der Waals surface area contributed by atoms with Gasteiger partial charge in [0.05, 0.1) is 15.7 Å². The molecule has 0 spiro atoms. The molecule has 1 rings (SSSR count). The van der Waals surface area contributed by atoms with E-state index in [-0.39, 0.29) is 10.0 Å². The SMILES string of the molecule is O=C(Nc1c(Cl)cc(Cl)cc1Cl)C(Br)(Br)Br. The van der Waals surface area contributed by atoms with Crippen molar-refractivity contribution in [3.63, 3.8) is 0 Å². The minimum absolute atomic E-state index is 0.266. The first-order chi connectivity index (χ1) is 7.21. The Morgan fingerprint density at radius 3 is 1.94 bits per heavy atom. The Bertz CT molecular complexity index is 410. The van der Waals surface area contributed by atoms with Gasteiger partial charge in [-0.1, -0.05) is 34.8 Å². The van der Waals surface area contributed by atoms with Gasteiger partial charge in [-0.05, 0) is 59.9 Å². The van der Waals surface area contributed by atoms with Crippen LogP contribution in [0, 0.1) is 0 Å². The van der Waals surface area contributed by atoms with Crippen LogP contribution in [0.25, 0.3) is 0 Å². The smallest absolute Gasteiger partial charge is 0.263 e. The molecule has 0 fully saturated rings. The van der Waals surface area contributed by atoms with Gasteiger partial charge in [-0.3, -0.25) is 4.79 Å². The lowest BCUT2D eigenvalue weighted by molar-refractivity contribution is -0.114. The second kappa shape index (κ2) is 5.76. The quantitative estimate of drug-likeness (QED) is 0.540. The Hall–Kier alpha value is 1.000. The van der Waals surface area contributed by atoms with Crippen molar-refractivity contribution in [1.29, 1.82) is 0 Å². The Morgan fingerprint density at radius 2 is 1.56 bits per heavy atom. The van der Waals surface area contributed by atoms with Crippen molar-refractivity contribution in [2.45, 2.75) is 2.14 Å². The maximum absolute atomic E-state index is 11.6. The topological polar surface area (TPSA) is 29.1 Å². The van der Waals surface area contributed by atoms with Crippen molar-refractivity contribution in [3.05, 3.63) is 27.2 Å². The summed E-state index contributed by atoms with van der Waals surface area (Å²) in [6, 6.07) is 2.98. The summed E-state index contributed by atoms with van der Waals surface area (Å²) in [4.78, 5) is 11.6. The molecule has 0 radical (unpaired) electrons. The first kappa shape index (κ1) is 15.1. The van der Waals surface area contributed by atoms with Gasteiger partial charge in [-0.2, -0.15) is 0 Å². The van der Waals surface area contributed by atoms with Gasteiger partial charge < -0.3 is 5.32 Å². The van der Waals surface area contributed by atoms with Crippen LogP contribution in [0.15, 0.2) is 12.1 Å². The average Bonchev–Trinajstić information content (AvgIpc) is 2.08. The zero-order chi connectivity index (χ0) is 12.5. The molecule has 0 aromatic heterocycles. The van der Waals surface area contributed by atoms with E-state index in [4.69, 9.17) is 34.8 Å². The number of carbonyl (C=O) groups is 1. The van der Waals surface area contributed by atoms with Crippen molar-refractivity contribution >= 4 is 94.2 Å². The molecule has 0 heterocycles. The summed E-state index contributed by atoms with van der Waals surface area (Å²) in [6.07, 6.45) is 0. The highest BCUT2D eigenvalue weighted by molar-refractivity contribution is 9.40. The summed E-state index contributed by atoms with van der Waals surface area (Å²) >= 11 is 26.8. The summed E-state index contributed by atoms with van der Waals surface area (Å²) < 4.78 is -1.07. The number of amides is 1. The van der Waals surface area contributed by atoms with E-state index in [1.165, 1.54) is 12.1 Å². The van der Waals surface area contributed by atoms with E-state index in [1.807, 2.05) is 0 Å². The average molecular weight is 475 g/mol. The van der Waals surface area contributed by atoms with E-state index in [9.17, 15) is 4.79 Å². The van der Waals surface area contributed by atoms with Crippen LogP contribution in [0.4, 0.5) is 5.69 Å². The van der Waals surface area contributed by atoms with E-state index in [0.29, 0.717) is 10.7 Å². The molecule has 2 nitrogen and oxygen atoms in total. The third-order valence-corrected chi connectivity index (χ3v) is 3.40. The van der Waals surface area contributed by atoms with Gasteiger partial charge in [0.1, 0.15) is 0 Å². The number of hydrogen-bond donors (Lipinski definition) is 1. The molecule has 0 unspecified atom stereocenters. The van der Waals surface area contributed by atoms with Crippen LogP contribution in [0.1, 0.15) is 0 Å². The van der Waals surface area contributed by atoms with E-state index in [0.717, 1.165) is 0 Å². The fourth-order valence-electron chi connectivity index (χ4n) is 0.846. The van der Waals surface area contributed by atoms with E-state index >= 15 is 0 Å². The second-order valence-corrected chi connectivity index (χ2v) is 10.7. The fraction of sp³-hybridized carbons (Fsp3) is 0.125. The van der Waals surface area contributed by atoms with Crippen LogP contribution in [-0.2, 0) is 4.79 Å². The van der Waals surface area contributed by atoms with Crippen LogP contribution in [0.2, 0.25) is 15.1 Å². The molecule has 0 bridgehead atoms. The Balaban J connectivity index is 3.03. The number of carbonyl (C=O) groups excluding carboxylic acids is 1. The molecule has 8 heteroatoms. The molecule has 1 aromatic carbocycles. The zero-order valence-corrected chi connectivity index (χ0v) is 14.4. The lowest BCUT2D eigenvalue weighted by Gasteiger charge is -2.14. The van der Waals surface area contributed by atoms with Gasteiger partial charge in [-0.25, -0.2) is 0 Å². The lowest BCUT2D eigenvalue weighted by atomic mass is 10.3.